The first-order chi connectivity index (χ1) is 20.5. The predicted octanol–water partition coefficient (Wildman–Crippen LogP) is 10.5. The highest BCUT2D eigenvalue weighted by atomic mass is 16.3. The minimum atomic E-state index is -0.128. The third kappa shape index (κ3) is 25.0. The predicted molar refractivity (Wildman–Crippen MR) is 193 cm³/mol. The van der Waals surface area contributed by atoms with Crippen molar-refractivity contribution in [3.05, 3.63) is 35.5 Å². The van der Waals surface area contributed by atoms with Gasteiger partial charge in [-0.3, -0.25) is 0 Å². The van der Waals surface area contributed by atoms with E-state index in [4.69, 9.17) is 5.11 Å². The summed E-state index contributed by atoms with van der Waals surface area (Å²) in [6, 6.07) is 0. The van der Waals surface area contributed by atoms with Crippen molar-refractivity contribution in [2.24, 2.45) is 41.4 Å². The first-order valence-corrected chi connectivity index (χ1v) is 17.9. The summed E-state index contributed by atoms with van der Waals surface area (Å²) in [4.78, 5) is 10.1. The van der Waals surface area contributed by atoms with E-state index in [1.807, 2.05) is 6.92 Å². The van der Waals surface area contributed by atoms with Crippen LogP contribution in [0.1, 0.15) is 153 Å². The summed E-state index contributed by atoms with van der Waals surface area (Å²) in [5.74, 6) is 4.22. The molecule has 8 atom stereocenters. The van der Waals surface area contributed by atoms with Gasteiger partial charge in [-0.05, 0) is 134 Å². The molecule has 0 radical (unpaired) electrons. The van der Waals surface area contributed by atoms with Gasteiger partial charge >= 0.3 is 0 Å². The Labute approximate surface area is 274 Å². The standard InChI is InChI=1S/C10H20O.C10H18O.C10H20O.C10H18O/c2*1-7(2)9-5-4-8(3)6-10(9)11;2*1-9(2)5-4-6-10(3)7-8-11/h7-11H,4-6H2,1-3H3;8-11H,1,4-6H2,2-3H3;5,10-11H,4,6-8H2,1-3H3;5,8,10H,4,6-7H2,1-3H3/t2*8-,9?,10-;2*10-/m1111/s1. The number of aldehydes is 1. The number of carbonyl (C=O) groups excluding carboxylic acids is 1. The number of allylic oxidation sites excluding steroid dienone is 4. The molecule has 260 valence electrons. The molecule has 2 fully saturated rings. The molecule has 2 unspecified atom stereocenters. The van der Waals surface area contributed by atoms with E-state index in [1.54, 1.807) is 0 Å². The van der Waals surface area contributed by atoms with Gasteiger partial charge in [0.05, 0.1) is 12.2 Å². The van der Waals surface area contributed by atoms with Gasteiger partial charge in [-0.15, -0.1) is 0 Å². The summed E-state index contributed by atoms with van der Waals surface area (Å²) >= 11 is 0. The lowest BCUT2D eigenvalue weighted by atomic mass is 9.75. The molecule has 2 aliphatic carbocycles. The summed E-state index contributed by atoms with van der Waals surface area (Å²) in [7, 11) is 0. The Hall–Kier alpha value is -1.23. The zero-order valence-corrected chi connectivity index (χ0v) is 31.1. The summed E-state index contributed by atoms with van der Waals surface area (Å²) in [6.07, 6.45) is 18.4. The highest BCUT2D eigenvalue weighted by Crippen LogP contribution is 2.33. The fourth-order valence-electron chi connectivity index (χ4n) is 6.04. The van der Waals surface area contributed by atoms with Crippen LogP contribution in [0.3, 0.4) is 0 Å². The summed E-state index contributed by atoms with van der Waals surface area (Å²) < 4.78 is 0. The van der Waals surface area contributed by atoms with Gasteiger partial charge in [0, 0.05) is 18.9 Å². The zero-order valence-electron chi connectivity index (χ0n) is 31.1. The fraction of sp³-hybridized carbons (Fsp3) is 0.825. The van der Waals surface area contributed by atoms with Crippen molar-refractivity contribution >= 4 is 6.29 Å². The molecule has 0 aromatic rings. The molecule has 0 bridgehead atoms. The Kier molecular flexibility index (Phi) is 27.5. The van der Waals surface area contributed by atoms with Gasteiger partial charge in [0.2, 0.25) is 0 Å². The van der Waals surface area contributed by atoms with Crippen molar-refractivity contribution in [1.29, 1.82) is 0 Å². The average Bonchev–Trinajstić information content (AvgIpc) is 2.89. The topological polar surface area (TPSA) is 77.8 Å². The van der Waals surface area contributed by atoms with Gasteiger partial charge in [-0.25, -0.2) is 0 Å². The van der Waals surface area contributed by atoms with E-state index in [2.05, 4.69) is 88.0 Å². The summed E-state index contributed by atoms with van der Waals surface area (Å²) in [5, 5.41) is 28.0. The first-order valence-electron chi connectivity index (χ1n) is 17.9. The van der Waals surface area contributed by atoms with E-state index in [9.17, 15) is 15.0 Å². The average molecular weight is 621 g/mol. The highest BCUT2D eigenvalue weighted by Gasteiger charge is 2.29. The molecule has 0 spiro atoms. The molecule has 2 rings (SSSR count). The first kappa shape index (κ1) is 44.9. The van der Waals surface area contributed by atoms with Crippen LogP contribution in [-0.4, -0.2) is 40.4 Å². The van der Waals surface area contributed by atoms with Crippen LogP contribution in [0.5, 0.6) is 0 Å². The zero-order chi connectivity index (χ0) is 34.2. The summed E-state index contributed by atoms with van der Waals surface area (Å²) in [6.45, 7) is 27.9. The molecule has 0 saturated heterocycles. The van der Waals surface area contributed by atoms with E-state index < -0.39 is 0 Å². The smallest absolute Gasteiger partial charge is 0.120 e. The van der Waals surface area contributed by atoms with Crippen molar-refractivity contribution < 1.29 is 20.1 Å². The lowest BCUT2D eigenvalue weighted by Crippen LogP contribution is -2.31. The van der Waals surface area contributed by atoms with Crippen LogP contribution in [0.15, 0.2) is 35.5 Å². The lowest BCUT2D eigenvalue weighted by molar-refractivity contribution is -0.108. The van der Waals surface area contributed by atoms with Gasteiger partial charge in [-0.1, -0.05) is 83.4 Å². The van der Waals surface area contributed by atoms with E-state index in [0.717, 1.165) is 62.7 Å². The number of rotatable bonds is 12. The van der Waals surface area contributed by atoms with Crippen LogP contribution in [0.2, 0.25) is 0 Å². The minimum absolute atomic E-state index is 0.0289. The Balaban J connectivity index is 0. The molecule has 0 heterocycles. The summed E-state index contributed by atoms with van der Waals surface area (Å²) in [5.41, 5.74) is 3.90. The second kappa shape index (κ2) is 26.9. The molecular weight excluding hydrogens is 544 g/mol. The molecule has 44 heavy (non-hydrogen) atoms. The number of carbonyl (C=O) groups is 1. The van der Waals surface area contributed by atoms with Crippen molar-refractivity contribution in [3.8, 4) is 0 Å². The monoisotopic (exact) mass is 621 g/mol. The number of aliphatic hydroxyl groups is 3. The van der Waals surface area contributed by atoms with Crippen molar-refractivity contribution in [2.45, 2.75) is 165 Å². The molecule has 4 heteroatoms. The molecule has 0 aliphatic heterocycles. The number of hydrogen-bond acceptors (Lipinski definition) is 4. The van der Waals surface area contributed by atoms with Gasteiger partial charge in [0.1, 0.15) is 6.29 Å². The molecule has 0 aromatic carbocycles. The van der Waals surface area contributed by atoms with Crippen LogP contribution < -0.4 is 0 Å². The largest absolute Gasteiger partial charge is 0.396 e. The van der Waals surface area contributed by atoms with Crippen LogP contribution in [0.4, 0.5) is 0 Å². The van der Waals surface area contributed by atoms with Crippen LogP contribution >= 0.6 is 0 Å². The number of hydrogen-bond donors (Lipinski definition) is 3. The Morgan fingerprint density at radius 3 is 1.61 bits per heavy atom. The van der Waals surface area contributed by atoms with Crippen molar-refractivity contribution in [1.82, 2.24) is 0 Å². The third-order valence-corrected chi connectivity index (χ3v) is 9.24. The minimum Gasteiger partial charge on any atom is -0.396 e. The van der Waals surface area contributed by atoms with E-state index >= 15 is 0 Å². The Morgan fingerprint density at radius 2 is 1.23 bits per heavy atom. The van der Waals surface area contributed by atoms with Gasteiger partial charge in [-0.2, -0.15) is 0 Å². The van der Waals surface area contributed by atoms with Crippen molar-refractivity contribution in [3.63, 3.8) is 0 Å². The Morgan fingerprint density at radius 1 is 0.750 bits per heavy atom. The van der Waals surface area contributed by atoms with Gasteiger partial charge < -0.3 is 20.1 Å². The molecular formula is C40H76O4. The van der Waals surface area contributed by atoms with E-state index in [0.29, 0.717) is 48.5 Å². The van der Waals surface area contributed by atoms with Crippen molar-refractivity contribution in [2.75, 3.05) is 6.61 Å². The second-order valence-corrected chi connectivity index (χ2v) is 15.2. The normalized spacial score (nSPS) is 25.8. The molecule has 2 saturated carbocycles. The van der Waals surface area contributed by atoms with Gasteiger partial charge in [0.15, 0.2) is 0 Å². The third-order valence-electron chi connectivity index (χ3n) is 9.24. The number of aliphatic hydroxyl groups excluding tert-OH is 3. The molecule has 0 aromatic heterocycles. The molecule has 3 N–H and O–H groups in total. The maximum Gasteiger partial charge on any atom is 0.120 e. The SMILES string of the molecule is C=C(C)C1CC[C@@H](C)C[C@H]1O.CC(C)=CCC[C@@H](C)CC=O.CC(C)=CCC[C@@H](C)CCO.CC(C)C1CC[C@@H](C)C[C@H]1O. The van der Waals surface area contributed by atoms with Crippen LogP contribution in [-0.2, 0) is 4.79 Å². The lowest BCUT2D eigenvalue weighted by Gasteiger charge is -2.33. The van der Waals surface area contributed by atoms with E-state index in [-0.39, 0.29) is 12.2 Å². The highest BCUT2D eigenvalue weighted by molar-refractivity contribution is 5.49. The molecule has 4 nitrogen and oxygen atoms in total. The van der Waals surface area contributed by atoms with Crippen LogP contribution in [0.25, 0.3) is 0 Å². The Bertz CT molecular complexity index is 774. The fourth-order valence-corrected chi connectivity index (χ4v) is 6.04. The van der Waals surface area contributed by atoms with Gasteiger partial charge in [0.25, 0.3) is 0 Å². The maximum atomic E-state index is 10.1. The molecule has 0 amide bonds. The van der Waals surface area contributed by atoms with Crippen LogP contribution in [0, 0.1) is 41.4 Å². The van der Waals surface area contributed by atoms with E-state index in [1.165, 1.54) is 36.8 Å². The molecule has 2 aliphatic rings. The second-order valence-electron chi connectivity index (χ2n) is 15.2. The maximum absolute atomic E-state index is 10.1. The quantitative estimate of drug-likeness (QED) is 0.150.